The van der Waals surface area contributed by atoms with Gasteiger partial charge in [0.15, 0.2) is 11.6 Å². The van der Waals surface area contributed by atoms with Gasteiger partial charge in [0.2, 0.25) is 0 Å². The smallest absolute Gasteiger partial charge is 0.161 e. The van der Waals surface area contributed by atoms with Crippen molar-refractivity contribution in [3.8, 4) is 11.8 Å². The van der Waals surface area contributed by atoms with Crippen molar-refractivity contribution in [2.24, 2.45) is 0 Å². The molecule has 0 amide bonds. The number of halogens is 2. The van der Waals surface area contributed by atoms with Gasteiger partial charge >= 0.3 is 0 Å². The van der Waals surface area contributed by atoms with Crippen molar-refractivity contribution < 1.29 is 8.78 Å². The molecule has 0 radical (unpaired) electrons. The molecule has 15 heavy (non-hydrogen) atoms. The first-order valence-electron chi connectivity index (χ1n) is 4.42. The second-order valence-corrected chi connectivity index (χ2v) is 3.05. The van der Waals surface area contributed by atoms with Crippen LogP contribution in [0.1, 0.15) is 6.92 Å². The Morgan fingerprint density at radius 1 is 1.33 bits per heavy atom. The first-order chi connectivity index (χ1) is 7.22. The SMILES string of the molecule is CC#CCn1cnc2cc(F)c(F)cc21. The minimum absolute atomic E-state index is 0.429. The maximum Gasteiger partial charge on any atom is 0.161 e. The van der Waals surface area contributed by atoms with Crippen LogP contribution >= 0.6 is 0 Å². The van der Waals surface area contributed by atoms with Gasteiger partial charge in [-0.15, -0.1) is 5.92 Å². The van der Waals surface area contributed by atoms with Gasteiger partial charge in [-0.05, 0) is 6.92 Å². The van der Waals surface area contributed by atoms with Gasteiger partial charge in [-0.2, -0.15) is 0 Å². The second kappa shape index (κ2) is 3.70. The number of aromatic nitrogens is 2. The summed E-state index contributed by atoms with van der Waals surface area (Å²) in [6.45, 7) is 2.15. The van der Waals surface area contributed by atoms with Crippen molar-refractivity contribution in [1.29, 1.82) is 0 Å². The van der Waals surface area contributed by atoms with Gasteiger partial charge < -0.3 is 4.57 Å². The maximum atomic E-state index is 13.0. The van der Waals surface area contributed by atoms with Crippen LogP contribution in [0.5, 0.6) is 0 Å². The molecule has 2 rings (SSSR count). The minimum atomic E-state index is -0.880. The van der Waals surface area contributed by atoms with Crippen molar-refractivity contribution in [3.05, 3.63) is 30.1 Å². The molecule has 2 nitrogen and oxygen atoms in total. The van der Waals surface area contributed by atoms with E-state index in [9.17, 15) is 8.78 Å². The summed E-state index contributed by atoms with van der Waals surface area (Å²) in [6, 6.07) is 2.22. The normalized spacial score (nSPS) is 10.1. The average molecular weight is 206 g/mol. The van der Waals surface area contributed by atoms with Gasteiger partial charge in [0.1, 0.15) is 0 Å². The third-order valence-corrected chi connectivity index (χ3v) is 2.09. The molecule has 0 aliphatic heterocycles. The molecule has 0 atom stereocenters. The van der Waals surface area contributed by atoms with Crippen molar-refractivity contribution in [2.45, 2.75) is 13.5 Å². The number of imidazole rings is 1. The Morgan fingerprint density at radius 3 is 2.80 bits per heavy atom. The van der Waals surface area contributed by atoms with E-state index in [0.717, 1.165) is 12.1 Å². The van der Waals surface area contributed by atoms with E-state index in [4.69, 9.17) is 0 Å². The van der Waals surface area contributed by atoms with Crippen LogP contribution in [0.25, 0.3) is 11.0 Å². The zero-order valence-corrected chi connectivity index (χ0v) is 8.09. The number of hydrogen-bond acceptors (Lipinski definition) is 1. The molecule has 0 aliphatic carbocycles. The van der Waals surface area contributed by atoms with Gasteiger partial charge in [-0.1, -0.05) is 5.92 Å². The lowest BCUT2D eigenvalue weighted by Gasteiger charge is -1.98. The quantitative estimate of drug-likeness (QED) is 0.655. The lowest BCUT2D eigenvalue weighted by atomic mass is 10.3. The molecule has 0 saturated heterocycles. The predicted octanol–water partition coefficient (Wildman–Crippen LogP) is 2.34. The predicted molar refractivity (Wildman–Crippen MR) is 53.1 cm³/mol. The van der Waals surface area contributed by atoms with Crippen LogP contribution in [0.15, 0.2) is 18.5 Å². The van der Waals surface area contributed by atoms with Gasteiger partial charge in [0, 0.05) is 12.1 Å². The topological polar surface area (TPSA) is 17.8 Å². The van der Waals surface area contributed by atoms with Crippen molar-refractivity contribution >= 4 is 11.0 Å². The fraction of sp³-hybridized carbons (Fsp3) is 0.182. The largest absolute Gasteiger partial charge is 0.319 e. The highest BCUT2D eigenvalue weighted by Gasteiger charge is 2.07. The van der Waals surface area contributed by atoms with Gasteiger partial charge in [-0.3, -0.25) is 0 Å². The van der Waals surface area contributed by atoms with Crippen LogP contribution in [-0.2, 0) is 6.54 Å². The summed E-state index contributed by atoms with van der Waals surface area (Å²) in [6.07, 6.45) is 1.52. The second-order valence-electron chi connectivity index (χ2n) is 3.05. The Hall–Kier alpha value is -1.89. The summed E-state index contributed by atoms with van der Waals surface area (Å²) in [5.74, 6) is 3.82. The van der Waals surface area contributed by atoms with Gasteiger partial charge in [0.05, 0.1) is 23.9 Å². The first-order valence-corrected chi connectivity index (χ1v) is 4.42. The molecule has 2 aromatic rings. The van der Waals surface area contributed by atoms with Crippen molar-refractivity contribution in [2.75, 3.05) is 0 Å². The fourth-order valence-electron chi connectivity index (χ4n) is 1.34. The Kier molecular flexibility index (Phi) is 2.38. The van der Waals surface area contributed by atoms with Crippen molar-refractivity contribution in [3.63, 3.8) is 0 Å². The molecule has 0 bridgehead atoms. The Balaban J connectivity index is 2.57. The Morgan fingerprint density at radius 2 is 2.07 bits per heavy atom. The van der Waals surface area contributed by atoms with Gasteiger partial charge in [-0.25, -0.2) is 13.8 Å². The lowest BCUT2D eigenvalue weighted by molar-refractivity contribution is 0.510. The summed E-state index contributed by atoms with van der Waals surface area (Å²) >= 11 is 0. The summed E-state index contributed by atoms with van der Waals surface area (Å²) in [4.78, 5) is 3.96. The molecular weight excluding hydrogens is 198 g/mol. The molecule has 76 valence electrons. The molecular formula is C11H8F2N2. The Bertz CT molecular complexity index is 561. The number of nitrogens with zero attached hydrogens (tertiary/aromatic N) is 2. The summed E-state index contributed by atoms with van der Waals surface area (Å²) in [5.41, 5.74) is 0.989. The summed E-state index contributed by atoms with van der Waals surface area (Å²) in [7, 11) is 0. The van der Waals surface area contributed by atoms with Crippen LogP contribution in [0.2, 0.25) is 0 Å². The van der Waals surface area contributed by atoms with E-state index in [1.165, 1.54) is 6.33 Å². The molecule has 0 fully saturated rings. The third-order valence-electron chi connectivity index (χ3n) is 2.09. The zero-order valence-electron chi connectivity index (χ0n) is 8.09. The van der Waals surface area contributed by atoms with Crippen LogP contribution in [0.3, 0.4) is 0 Å². The highest BCUT2D eigenvalue weighted by atomic mass is 19.2. The number of fused-ring (bicyclic) bond motifs is 1. The molecule has 4 heteroatoms. The minimum Gasteiger partial charge on any atom is -0.319 e. The van der Waals surface area contributed by atoms with E-state index >= 15 is 0 Å². The number of hydrogen-bond donors (Lipinski definition) is 0. The molecule has 1 aromatic carbocycles. The molecule has 1 aromatic heterocycles. The third kappa shape index (κ3) is 1.68. The average Bonchev–Trinajstić information content (AvgIpc) is 2.59. The highest BCUT2D eigenvalue weighted by molar-refractivity contribution is 5.75. The summed E-state index contributed by atoms with van der Waals surface area (Å²) < 4.78 is 27.5. The molecule has 0 saturated carbocycles. The number of rotatable bonds is 1. The van der Waals surface area contributed by atoms with Crippen LogP contribution in [-0.4, -0.2) is 9.55 Å². The van der Waals surface area contributed by atoms with Crippen LogP contribution in [0.4, 0.5) is 8.78 Å². The van der Waals surface area contributed by atoms with Crippen molar-refractivity contribution in [1.82, 2.24) is 9.55 Å². The van der Waals surface area contributed by atoms with Crippen LogP contribution < -0.4 is 0 Å². The molecule has 0 aliphatic rings. The monoisotopic (exact) mass is 206 g/mol. The van der Waals surface area contributed by atoms with E-state index in [2.05, 4.69) is 16.8 Å². The number of benzene rings is 1. The van der Waals surface area contributed by atoms with E-state index in [1.54, 1.807) is 11.5 Å². The first kappa shape index (κ1) is 9.66. The maximum absolute atomic E-state index is 13.0. The molecule has 0 spiro atoms. The Labute approximate surface area is 85.5 Å². The van der Waals surface area contributed by atoms with E-state index in [-0.39, 0.29) is 0 Å². The molecule has 0 unspecified atom stereocenters. The lowest BCUT2D eigenvalue weighted by Crippen LogP contribution is -1.94. The molecule has 0 N–H and O–H groups in total. The fourth-order valence-corrected chi connectivity index (χ4v) is 1.34. The standard InChI is InChI=1S/C11H8F2N2/c1-2-3-4-15-7-14-10-5-8(12)9(13)6-11(10)15/h5-7H,4H2,1H3. The van der Waals surface area contributed by atoms with E-state index in [0.29, 0.717) is 17.6 Å². The van der Waals surface area contributed by atoms with Gasteiger partial charge in [0.25, 0.3) is 0 Å². The van der Waals surface area contributed by atoms with E-state index in [1.807, 2.05) is 0 Å². The van der Waals surface area contributed by atoms with Crippen LogP contribution in [0, 0.1) is 23.5 Å². The highest BCUT2D eigenvalue weighted by Crippen LogP contribution is 2.16. The zero-order chi connectivity index (χ0) is 10.8. The van der Waals surface area contributed by atoms with E-state index < -0.39 is 11.6 Å². The molecule has 1 heterocycles. The summed E-state index contributed by atoms with van der Waals surface area (Å²) in [5, 5.41) is 0.